The first kappa shape index (κ1) is 30.6. The molecule has 0 bridgehead atoms. The summed E-state index contributed by atoms with van der Waals surface area (Å²) < 4.78 is 3.83. The van der Waals surface area contributed by atoms with Gasteiger partial charge in [-0.3, -0.25) is 14.2 Å². The molecule has 4 aromatic heterocycles. The van der Waals surface area contributed by atoms with Gasteiger partial charge >= 0.3 is 6.03 Å². The van der Waals surface area contributed by atoms with Gasteiger partial charge in [-0.05, 0) is 91.1 Å². The number of hydrogen-bond acceptors (Lipinski definition) is 8. The second kappa shape index (κ2) is 12.9. The van der Waals surface area contributed by atoms with E-state index in [4.69, 9.17) is 21.4 Å². The van der Waals surface area contributed by atoms with Crippen molar-refractivity contribution in [3.63, 3.8) is 0 Å². The monoisotopic (exact) mass is 628 g/mol. The van der Waals surface area contributed by atoms with Crippen LogP contribution in [0.25, 0.3) is 34.1 Å². The van der Waals surface area contributed by atoms with Gasteiger partial charge in [0.2, 0.25) is 5.91 Å². The van der Waals surface area contributed by atoms with Crippen molar-refractivity contribution in [2.45, 2.75) is 19.3 Å². The fourth-order valence-electron chi connectivity index (χ4n) is 5.36. The fourth-order valence-corrected chi connectivity index (χ4v) is 5.36. The second-order valence-corrected chi connectivity index (χ2v) is 11.1. The number of fused-ring (bicyclic) bond motifs is 2. The molecular formula is C34H32N10O3. The topological polar surface area (TPSA) is 180 Å². The van der Waals surface area contributed by atoms with Crippen LogP contribution in [0.2, 0.25) is 0 Å². The van der Waals surface area contributed by atoms with Gasteiger partial charge in [0.25, 0.3) is 0 Å². The number of imidazole rings is 1. The summed E-state index contributed by atoms with van der Waals surface area (Å²) in [6.45, 7) is 0. The molecule has 0 radical (unpaired) electrons. The molecule has 3 amide bonds. The molecule has 47 heavy (non-hydrogen) atoms. The normalized spacial score (nSPS) is 11.8. The molecule has 5 N–H and O–H groups in total. The highest BCUT2D eigenvalue weighted by Crippen LogP contribution is 2.32. The van der Waals surface area contributed by atoms with Gasteiger partial charge in [0.1, 0.15) is 11.3 Å². The number of amides is 3. The minimum Gasteiger partial charge on any atom is -0.383 e. The van der Waals surface area contributed by atoms with Gasteiger partial charge in [-0.2, -0.15) is 5.10 Å². The van der Waals surface area contributed by atoms with Crippen LogP contribution in [0.15, 0.2) is 85.3 Å². The molecule has 0 unspecified atom stereocenters. The number of hydrogen-bond donors (Lipinski definition) is 3. The molecule has 0 atom stereocenters. The van der Waals surface area contributed by atoms with Crippen molar-refractivity contribution in [3.8, 4) is 22.9 Å². The molecule has 0 fully saturated rings. The molecule has 4 heterocycles. The lowest BCUT2D eigenvalue weighted by Crippen LogP contribution is -2.27. The molecule has 0 aliphatic heterocycles. The first-order chi connectivity index (χ1) is 22.7. The van der Waals surface area contributed by atoms with Gasteiger partial charge in [-0.25, -0.2) is 24.4 Å². The summed E-state index contributed by atoms with van der Waals surface area (Å²) in [6.07, 6.45) is 9.31. The molecular weight excluding hydrogens is 596 g/mol. The second-order valence-electron chi connectivity index (χ2n) is 11.1. The van der Waals surface area contributed by atoms with Crippen molar-refractivity contribution >= 4 is 40.9 Å². The Hall–Kier alpha value is -6.37. The minimum absolute atomic E-state index is 0.205. The smallest absolute Gasteiger partial charge is 0.321 e. The van der Waals surface area contributed by atoms with Crippen molar-refractivity contribution in [3.05, 3.63) is 108 Å². The molecule has 1 aliphatic rings. The van der Waals surface area contributed by atoms with E-state index in [-0.39, 0.29) is 17.2 Å². The number of rotatable bonds is 6. The Morgan fingerprint density at radius 3 is 2.51 bits per heavy atom. The molecule has 1 aliphatic carbocycles. The largest absolute Gasteiger partial charge is 0.383 e. The standard InChI is InChI=1S/C23H19N7.C11H13N3O3/c24-21-18(6-2-11-25-21)22-27-19-9-10-20(29-13-3-12-26-29)28-23(19)30(22)17-8-7-15-4-1-5-16(15)14-17;1-14(2)11(17)13-9-4-3-7(10(12)16)5-8(9)6-15/h2-3,6-14H,1,4-5H2,(H2,24,25);3-6H,1-2H3,(H2,12,16)(H,13,17). The van der Waals surface area contributed by atoms with E-state index in [9.17, 15) is 14.4 Å². The van der Waals surface area contributed by atoms with Gasteiger partial charge in [-0.1, -0.05) is 6.07 Å². The first-order valence-corrected chi connectivity index (χ1v) is 14.8. The lowest BCUT2D eigenvalue weighted by atomic mass is 10.1. The van der Waals surface area contributed by atoms with E-state index in [0.717, 1.165) is 46.9 Å². The van der Waals surface area contributed by atoms with Crippen molar-refractivity contribution in [1.82, 2.24) is 34.2 Å². The quantitative estimate of drug-likeness (QED) is 0.227. The van der Waals surface area contributed by atoms with Crippen molar-refractivity contribution in [2.24, 2.45) is 5.73 Å². The highest BCUT2D eigenvalue weighted by atomic mass is 16.2. The minimum atomic E-state index is -0.626. The van der Waals surface area contributed by atoms with Gasteiger partial charge in [-0.15, -0.1) is 0 Å². The number of aryl methyl sites for hydroxylation is 2. The van der Waals surface area contributed by atoms with E-state index < -0.39 is 5.91 Å². The zero-order chi connectivity index (χ0) is 33.1. The number of aldehydes is 1. The zero-order valence-electron chi connectivity index (χ0n) is 25.8. The van der Waals surface area contributed by atoms with Crippen molar-refractivity contribution in [1.29, 1.82) is 0 Å². The number of nitrogen functional groups attached to an aromatic ring is 1. The summed E-state index contributed by atoms with van der Waals surface area (Å²) in [5.74, 6) is 1.29. The van der Waals surface area contributed by atoms with Crippen LogP contribution in [-0.2, 0) is 12.8 Å². The Bertz CT molecular complexity index is 2120. The number of aromatic nitrogens is 6. The number of carbonyl (C=O) groups excluding carboxylic acids is 3. The summed E-state index contributed by atoms with van der Waals surface area (Å²) in [4.78, 5) is 48.6. The third kappa shape index (κ3) is 6.27. The molecule has 6 aromatic rings. The van der Waals surface area contributed by atoms with Gasteiger partial charge in [0, 0.05) is 49.5 Å². The highest BCUT2D eigenvalue weighted by molar-refractivity contribution is 5.99. The van der Waals surface area contributed by atoms with E-state index in [2.05, 4.69) is 38.2 Å². The Kier molecular flexibility index (Phi) is 8.43. The lowest BCUT2D eigenvalue weighted by Gasteiger charge is -2.13. The van der Waals surface area contributed by atoms with Crippen LogP contribution in [-0.4, -0.2) is 66.5 Å². The van der Waals surface area contributed by atoms with Crippen LogP contribution in [0, 0.1) is 0 Å². The Morgan fingerprint density at radius 2 is 1.79 bits per heavy atom. The number of anilines is 2. The maximum atomic E-state index is 11.4. The van der Waals surface area contributed by atoms with E-state index in [0.29, 0.717) is 17.8 Å². The average molecular weight is 629 g/mol. The molecule has 2 aromatic carbocycles. The molecule has 7 rings (SSSR count). The predicted octanol–water partition coefficient (Wildman–Crippen LogP) is 4.43. The summed E-state index contributed by atoms with van der Waals surface area (Å²) >= 11 is 0. The third-order valence-corrected chi connectivity index (χ3v) is 7.76. The van der Waals surface area contributed by atoms with Crippen molar-refractivity contribution in [2.75, 3.05) is 25.1 Å². The third-order valence-electron chi connectivity index (χ3n) is 7.76. The highest BCUT2D eigenvalue weighted by Gasteiger charge is 2.20. The molecule has 236 valence electrons. The summed E-state index contributed by atoms with van der Waals surface area (Å²) in [5, 5.41) is 6.85. The predicted molar refractivity (Wildman–Crippen MR) is 179 cm³/mol. The molecule has 13 heteroatoms. The average Bonchev–Trinajstić information content (AvgIpc) is 3.85. The molecule has 13 nitrogen and oxygen atoms in total. The van der Waals surface area contributed by atoms with Crippen LogP contribution in [0.4, 0.5) is 16.3 Å². The van der Waals surface area contributed by atoms with Crippen molar-refractivity contribution < 1.29 is 14.4 Å². The summed E-state index contributed by atoms with van der Waals surface area (Å²) in [7, 11) is 3.15. The SMILES string of the molecule is CN(C)C(=O)Nc1ccc(C(N)=O)cc1C=O.Nc1ncccc1-c1nc2ccc(-n3cccn3)nc2n1-c1ccc2c(c1)CCC2. The van der Waals surface area contributed by atoms with Crippen LogP contribution in [0.5, 0.6) is 0 Å². The van der Waals surface area contributed by atoms with Crippen LogP contribution in [0.1, 0.15) is 38.3 Å². The van der Waals surface area contributed by atoms with Gasteiger partial charge in [0.05, 0.1) is 11.3 Å². The van der Waals surface area contributed by atoms with E-state index in [1.165, 1.54) is 40.6 Å². The Morgan fingerprint density at radius 1 is 0.957 bits per heavy atom. The van der Waals surface area contributed by atoms with Crippen LogP contribution >= 0.6 is 0 Å². The molecule has 0 saturated heterocycles. The number of nitrogens with one attached hydrogen (secondary N) is 1. The lowest BCUT2D eigenvalue weighted by molar-refractivity contribution is 0.1000. The Balaban J connectivity index is 0.000000195. The Labute approximate surface area is 269 Å². The molecule has 0 saturated carbocycles. The number of pyridine rings is 2. The fraction of sp³-hybridized carbons (Fsp3) is 0.147. The first-order valence-electron chi connectivity index (χ1n) is 14.8. The number of benzene rings is 2. The van der Waals surface area contributed by atoms with Gasteiger partial charge in [0.15, 0.2) is 23.6 Å². The van der Waals surface area contributed by atoms with E-state index in [1.807, 2.05) is 36.5 Å². The number of carbonyl (C=O) groups is 3. The van der Waals surface area contributed by atoms with E-state index >= 15 is 0 Å². The van der Waals surface area contributed by atoms with Crippen LogP contribution in [0.3, 0.4) is 0 Å². The molecule has 0 spiro atoms. The zero-order valence-corrected chi connectivity index (χ0v) is 25.8. The van der Waals surface area contributed by atoms with E-state index in [1.54, 1.807) is 31.2 Å². The number of primary amides is 1. The number of nitrogens with two attached hydrogens (primary N) is 2. The summed E-state index contributed by atoms with van der Waals surface area (Å²) in [6, 6.07) is 20.1. The number of nitrogens with zero attached hydrogens (tertiary/aromatic N) is 7. The van der Waals surface area contributed by atoms with Gasteiger partial charge < -0.3 is 21.7 Å². The maximum Gasteiger partial charge on any atom is 0.321 e. The number of urea groups is 1. The maximum absolute atomic E-state index is 11.4. The van der Waals surface area contributed by atoms with Crippen LogP contribution < -0.4 is 16.8 Å². The summed E-state index contributed by atoms with van der Waals surface area (Å²) in [5.41, 5.74) is 18.3.